The summed E-state index contributed by atoms with van der Waals surface area (Å²) in [5, 5.41) is 13.3. The zero-order valence-electron chi connectivity index (χ0n) is 15.0. The van der Waals surface area contributed by atoms with E-state index in [-0.39, 0.29) is 0 Å². The second-order valence-corrected chi connectivity index (χ2v) is 7.24. The van der Waals surface area contributed by atoms with E-state index in [1.54, 1.807) is 16.9 Å². The molecule has 0 saturated carbocycles. The lowest BCUT2D eigenvalue weighted by Crippen LogP contribution is -2.04. The number of benzene rings is 2. The highest BCUT2D eigenvalue weighted by molar-refractivity contribution is 7.98. The SMILES string of the molecule is FC(F)(F)c1cccc(CSc2ccc(-c3ccc(-n4cccn4)cc3)nn2)c1. The van der Waals surface area contributed by atoms with Crippen molar-refractivity contribution in [1.29, 1.82) is 0 Å². The minimum absolute atomic E-state index is 0.385. The summed E-state index contributed by atoms with van der Waals surface area (Å²) in [6, 6.07) is 18.6. The van der Waals surface area contributed by atoms with Crippen LogP contribution in [0, 0.1) is 0 Å². The fraction of sp³-hybridized carbons (Fsp3) is 0.0952. The van der Waals surface area contributed by atoms with Gasteiger partial charge in [-0.05, 0) is 42.0 Å². The normalized spacial score (nSPS) is 11.6. The topological polar surface area (TPSA) is 43.6 Å². The summed E-state index contributed by atoms with van der Waals surface area (Å²) in [7, 11) is 0. The molecule has 29 heavy (non-hydrogen) atoms. The van der Waals surface area contributed by atoms with Gasteiger partial charge in [-0.3, -0.25) is 0 Å². The molecule has 0 radical (unpaired) electrons. The summed E-state index contributed by atoms with van der Waals surface area (Å²) in [6.07, 6.45) is -0.754. The molecule has 0 bridgehead atoms. The zero-order chi connectivity index (χ0) is 20.3. The minimum Gasteiger partial charge on any atom is -0.241 e. The molecule has 2 heterocycles. The third kappa shape index (κ3) is 4.65. The van der Waals surface area contributed by atoms with E-state index >= 15 is 0 Å². The Balaban J connectivity index is 1.42. The van der Waals surface area contributed by atoms with Crippen LogP contribution in [0.15, 0.2) is 84.1 Å². The minimum atomic E-state index is -4.34. The smallest absolute Gasteiger partial charge is 0.241 e. The maximum absolute atomic E-state index is 12.8. The molecule has 4 aromatic rings. The van der Waals surface area contributed by atoms with Crippen molar-refractivity contribution in [3.05, 3.63) is 90.3 Å². The summed E-state index contributed by atoms with van der Waals surface area (Å²) in [6.45, 7) is 0. The van der Waals surface area contributed by atoms with Gasteiger partial charge in [-0.25, -0.2) is 4.68 Å². The lowest BCUT2D eigenvalue weighted by molar-refractivity contribution is -0.137. The number of nitrogens with zero attached hydrogens (tertiary/aromatic N) is 4. The monoisotopic (exact) mass is 412 g/mol. The molecule has 0 atom stereocenters. The van der Waals surface area contributed by atoms with E-state index in [2.05, 4.69) is 15.3 Å². The fourth-order valence-corrected chi connectivity index (χ4v) is 3.51. The number of hydrogen-bond donors (Lipinski definition) is 0. The molecule has 0 N–H and O–H groups in total. The molecule has 4 rings (SSSR count). The number of alkyl halides is 3. The van der Waals surface area contributed by atoms with E-state index in [0.717, 1.165) is 29.1 Å². The Labute approximate surface area is 169 Å². The van der Waals surface area contributed by atoms with Crippen LogP contribution in [-0.4, -0.2) is 20.0 Å². The molecule has 0 amide bonds. The lowest BCUT2D eigenvalue weighted by Gasteiger charge is -2.08. The predicted octanol–water partition coefficient (Wildman–Crippen LogP) is 5.64. The van der Waals surface area contributed by atoms with Gasteiger partial charge >= 0.3 is 6.18 Å². The third-order valence-electron chi connectivity index (χ3n) is 4.21. The Morgan fingerprint density at radius 1 is 0.897 bits per heavy atom. The van der Waals surface area contributed by atoms with Gasteiger partial charge in [0.15, 0.2) is 0 Å². The van der Waals surface area contributed by atoms with Crippen molar-refractivity contribution in [3.8, 4) is 16.9 Å². The molecule has 2 aromatic carbocycles. The Kier molecular flexibility index (Phi) is 5.35. The van der Waals surface area contributed by atoms with E-state index in [9.17, 15) is 13.2 Å². The first-order chi connectivity index (χ1) is 14.0. The molecule has 0 aliphatic rings. The average molecular weight is 412 g/mol. The summed E-state index contributed by atoms with van der Waals surface area (Å²) in [4.78, 5) is 0. The van der Waals surface area contributed by atoms with E-state index in [4.69, 9.17) is 0 Å². The van der Waals surface area contributed by atoms with Gasteiger partial charge in [0.1, 0.15) is 5.03 Å². The van der Waals surface area contributed by atoms with Crippen molar-refractivity contribution in [3.63, 3.8) is 0 Å². The van der Waals surface area contributed by atoms with E-state index in [0.29, 0.717) is 16.3 Å². The predicted molar refractivity (Wildman–Crippen MR) is 106 cm³/mol. The number of aromatic nitrogens is 4. The molecular weight excluding hydrogens is 397 g/mol. The first-order valence-electron chi connectivity index (χ1n) is 8.72. The molecule has 0 aliphatic carbocycles. The molecule has 0 spiro atoms. The lowest BCUT2D eigenvalue weighted by atomic mass is 10.1. The number of rotatable bonds is 5. The first kappa shape index (κ1) is 19.2. The molecule has 8 heteroatoms. The summed E-state index contributed by atoms with van der Waals surface area (Å²) >= 11 is 1.34. The average Bonchev–Trinajstić information content (AvgIpc) is 3.27. The Hall–Kier alpha value is -3.13. The van der Waals surface area contributed by atoms with E-state index in [1.165, 1.54) is 17.8 Å². The van der Waals surface area contributed by atoms with Crippen LogP contribution >= 0.6 is 11.8 Å². The standard InChI is InChI=1S/C21H15F3N4S/c22-21(23,24)17-4-1-3-15(13-17)14-29-20-10-9-19(26-27-20)16-5-7-18(8-6-16)28-12-2-11-25-28/h1-13H,14H2. The van der Waals surface area contributed by atoms with Crippen molar-refractivity contribution in [2.24, 2.45) is 0 Å². The molecule has 4 nitrogen and oxygen atoms in total. The van der Waals surface area contributed by atoms with Crippen LogP contribution < -0.4 is 0 Å². The van der Waals surface area contributed by atoms with Gasteiger partial charge in [-0.1, -0.05) is 42.1 Å². The number of thioether (sulfide) groups is 1. The highest BCUT2D eigenvalue weighted by Gasteiger charge is 2.30. The van der Waals surface area contributed by atoms with Crippen LogP contribution in [-0.2, 0) is 11.9 Å². The van der Waals surface area contributed by atoms with Crippen molar-refractivity contribution >= 4 is 11.8 Å². The Morgan fingerprint density at radius 3 is 2.38 bits per heavy atom. The molecule has 146 valence electrons. The van der Waals surface area contributed by atoms with Gasteiger partial charge in [-0.15, -0.1) is 10.2 Å². The highest BCUT2D eigenvalue weighted by Crippen LogP contribution is 2.31. The molecular formula is C21H15F3N4S. The number of halogens is 3. The first-order valence-corrected chi connectivity index (χ1v) is 9.71. The second kappa shape index (κ2) is 8.08. The van der Waals surface area contributed by atoms with Crippen molar-refractivity contribution in [2.45, 2.75) is 17.0 Å². The van der Waals surface area contributed by atoms with Gasteiger partial charge in [0, 0.05) is 23.7 Å². The van der Waals surface area contributed by atoms with Gasteiger partial charge in [0.2, 0.25) is 0 Å². The van der Waals surface area contributed by atoms with Crippen molar-refractivity contribution in [1.82, 2.24) is 20.0 Å². The number of hydrogen-bond acceptors (Lipinski definition) is 4. The molecule has 0 aliphatic heterocycles. The molecule has 2 aromatic heterocycles. The maximum Gasteiger partial charge on any atom is 0.416 e. The van der Waals surface area contributed by atoms with Crippen molar-refractivity contribution < 1.29 is 13.2 Å². The van der Waals surface area contributed by atoms with Crippen LogP contribution in [0.1, 0.15) is 11.1 Å². The second-order valence-electron chi connectivity index (χ2n) is 6.24. The van der Waals surface area contributed by atoms with Crippen LogP contribution in [0.2, 0.25) is 0 Å². The molecule has 0 saturated heterocycles. The zero-order valence-corrected chi connectivity index (χ0v) is 15.9. The maximum atomic E-state index is 12.8. The molecule has 0 fully saturated rings. The summed E-state index contributed by atoms with van der Waals surface area (Å²) in [5.74, 6) is 0.385. The van der Waals surface area contributed by atoms with E-state index < -0.39 is 11.7 Å². The molecule has 0 unspecified atom stereocenters. The van der Waals surface area contributed by atoms with Crippen LogP contribution in [0.3, 0.4) is 0 Å². The van der Waals surface area contributed by atoms with Crippen LogP contribution in [0.25, 0.3) is 16.9 Å². The summed E-state index contributed by atoms with van der Waals surface area (Å²) in [5.41, 5.74) is 2.53. The quantitative estimate of drug-likeness (QED) is 0.398. The highest BCUT2D eigenvalue weighted by atomic mass is 32.2. The summed E-state index contributed by atoms with van der Waals surface area (Å²) < 4.78 is 40.2. The third-order valence-corrected chi connectivity index (χ3v) is 5.20. The largest absolute Gasteiger partial charge is 0.416 e. The van der Waals surface area contributed by atoms with Gasteiger partial charge in [0.25, 0.3) is 0 Å². The van der Waals surface area contributed by atoms with Gasteiger partial charge < -0.3 is 0 Å². The van der Waals surface area contributed by atoms with Gasteiger partial charge in [0.05, 0.1) is 16.9 Å². The Morgan fingerprint density at radius 2 is 1.72 bits per heavy atom. The van der Waals surface area contributed by atoms with Crippen LogP contribution in [0.5, 0.6) is 0 Å². The van der Waals surface area contributed by atoms with Crippen molar-refractivity contribution in [2.75, 3.05) is 0 Å². The fourth-order valence-electron chi connectivity index (χ4n) is 2.75. The Bertz CT molecular complexity index is 1080. The van der Waals surface area contributed by atoms with E-state index in [1.807, 2.05) is 48.7 Å². The van der Waals surface area contributed by atoms with Crippen LogP contribution in [0.4, 0.5) is 13.2 Å². The van der Waals surface area contributed by atoms with Gasteiger partial charge in [-0.2, -0.15) is 18.3 Å².